The Bertz CT molecular complexity index is 919. The zero-order valence-electron chi connectivity index (χ0n) is 21.1. The number of anilines is 1. The fourth-order valence-electron chi connectivity index (χ4n) is 6.49. The summed E-state index contributed by atoms with van der Waals surface area (Å²) in [6.45, 7) is 18.0. The lowest BCUT2D eigenvalue weighted by Crippen LogP contribution is -2.56. The molecule has 180 valence electrons. The van der Waals surface area contributed by atoms with Gasteiger partial charge in [-0.05, 0) is 81.9 Å². The van der Waals surface area contributed by atoms with Crippen LogP contribution in [0.15, 0.2) is 24.4 Å². The number of hydrogen-bond donors (Lipinski definition) is 0. The van der Waals surface area contributed by atoms with E-state index in [1.54, 1.807) is 0 Å². The van der Waals surface area contributed by atoms with Gasteiger partial charge in [0.15, 0.2) is 0 Å². The second-order valence-corrected chi connectivity index (χ2v) is 10.5. The topological polar surface area (TPSA) is 25.9 Å². The number of nitrogens with zero attached hydrogens (tertiary/aromatic N) is 5. The van der Waals surface area contributed by atoms with E-state index in [0.29, 0.717) is 0 Å². The number of hydrogen-bond acceptors (Lipinski definition) is 5. The van der Waals surface area contributed by atoms with Crippen molar-refractivity contribution in [3.63, 3.8) is 0 Å². The van der Waals surface area contributed by atoms with Crippen LogP contribution in [0.4, 0.5) is 5.69 Å². The quantitative estimate of drug-likeness (QED) is 0.682. The van der Waals surface area contributed by atoms with Crippen LogP contribution in [0.2, 0.25) is 0 Å². The van der Waals surface area contributed by atoms with E-state index in [0.717, 1.165) is 37.1 Å². The standard InChI is InChI=1S/C28H43N5/c1-4-23-6-7-27-26(20-23)28(22(3)21-29-27)33-14-10-25(11-15-33)32-18-16-31(17-19-32)24-8-12-30(5-2)13-9-24/h6-7,20-21,24-25H,4-5,8-19H2,1-3H3. The van der Waals surface area contributed by atoms with E-state index in [-0.39, 0.29) is 0 Å². The minimum absolute atomic E-state index is 0.755. The average Bonchev–Trinajstić information content (AvgIpc) is 2.88. The molecule has 5 heteroatoms. The maximum Gasteiger partial charge on any atom is 0.0723 e. The summed E-state index contributed by atoms with van der Waals surface area (Å²) in [5.41, 5.74) is 5.29. The third-order valence-electron chi connectivity index (χ3n) is 8.66. The molecule has 0 radical (unpaired) electrons. The maximum absolute atomic E-state index is 4.71. The Labute approximate surface area is 200 Å². The Morgan fingerprint density at radius 1 is 0.818 bits per heavy atom. The van der Waals surface area contributed by atoms with Crippen molar-refractivity contribution in [1.82, 2.24) is 19.7 Å². The van der Waals surface area contributed by atoms with E-state index in [1.165, 1.54) is 93.7 Å². The van der Waals surface area contributed by atoms with Gasteiger partial charge in [-0.15, -0.1) is 0 Å². The third kappa shape index (κ3) is 4.91. The van der Waals surface area contributed by atoms with Crippen molar-refractivity contribution in [1.29, 1.82) is 0 Å². The number of aryl methyl sites for hydroxylation is 2. The van der Waals surface area contributed by atoms with Gasteiger partial charge in [-0.3, -0.25) is 14.8 Å². The molecule has 0 spiro atoms. The number of benzene rings is 1. The molecule has 3 saturated heterocycles. The predicted molar refractivity (Wildman–Crippen MR) is 139 cm³/mol. The summed E-state index contributed by atoms with van der Waals surface area (Å²) < 4.78 is 0. The largest absolute Gasteiger partial charge is 0.371 e. The highest BCUT2D eigenvalue weighted by atomic mass is 15.3. The molecule has 3 aliphatic heterocycles. The molecule has 4 heterocycles. The van der Waals surface area contributed by atoms with Crippen molar-refractivity contribution >= 4 is 16.6 Å². The minimum Gasteiger partial charge on any atom is -0.371 e. The molecular formula is C28H43N5. The van der Waals surface area contributed by atoms with Gasteiger partial charge in [0.1, 0.15) is 0 Å². The van der Waals surface area contributed by atoms with E-state index >= 15 is 0 Å². The zero-order valence-corrected chi connectivity index (χ0v) is 21.1. The van der Waals surface area contributed by atoms with Crippen LogP contribution >= 0.6 is 0 Å². The van der Waals surface area contributed by atoms with E-state index in [2.05, 4.69) is 64.8 Å². The Hall–Kier alpha value is -1.69. The van der Waals surface area contributed by atoms with Crippen LogP contribution in [0.1, 0.15) is 50.7 Å². The van der Waals surface area contributed by atoms with Crippen LogP contribution in [0.25, 0.3) is 10.9 Å². The molecule has 5 nitrogen and oxygen atoms in total. The smallest absolute Gasteiger partial charge is 0.0723 e. The van der Waals surface area contributed by atoms with Gasteiger partial charge in [-0.25, -0.2) is 0 Å². The van der Waals surface area contributed by atoms with E-state index < -0.39 is 0 Å². The zero-order chi connectivity index (χ0) is 22.8. The summed E-state index contributed by atoms with van der Waals surface area (Å²) in [6.07, 6.45) is 8.45. The van der Waals surface area contributed by atoms with E-state index in [1.807, 2.05) is 0 Å². The van der Waals surface area contributed by atoms with E-state index in [9.17, 15) is 0 Å². The molecular weight excluding hydrogens is 406 g/mol. The van der Waals surface area contributed by atoms with Gasteiger partial charge in [-0.2, -0.15) is 0 Å². The van der Waals surface area contributed by atoms with Gasteiger partial charge in [0.25, 0.3) is 0 Å². The number of piperazine rings is 1. The van der Waals surface area contributed by atoms with Crippen LogP contribution < -0.4 is 4.90 Å². The molecule has 0 saturated carbocycles. The summed E-state index contributed by atoms with van der Waals surface area (Å²) in [5, 5.41) is 1.34. The van der Waals surface area contributed by atoms with Crippen molar-refractivity contribution in [2.24, 2.45) is 0 Å². The second kappa shape index (κ2) is 10.3. The first-order valence-electron chi connectivity index (χ1n) is 13.5. The second-order valence-electron chi connectivity index (χ2n) is 10.5. The molecule has 3 fully saturated rings. The van der Waals surface area contributed by atoms with Crippen molar-refractivity contribution in [2.45, 2.75) is 65.0 Å². The first-order chi connectivity index (χ1) is 16.2. The summed E-state index contributed by atoms with van der Waals surface area (Å²) in [5.74, 6) is 0. The van der Waals surface area contributed by atoms with Crippen molar-refractivity contribution in [2.75, 3.05) is 63.8 Å². The molecule has 0 N–H and O–H groups in total. The summed E-state index contributed by atoms with van der Waals surface area (Å²) in [7, 11) is 0. The molecule has 0 aliphatic carbocycles. The summed E-state index contributed by atoms with van der Waals surface area (Å²) in [4.78, 5) is 15.6. The van der Waals surface area contributed by atoms with Crippen molar-refractivity contribution in [3.05, 3.63) is 35.5 Å². The monoisotopic (exact) mass is 449 g/mol. The number of likely N-dealkylation sites (tertiary alicyclic amines) is 1. The molecule has 3 aliphatic rings. The molecule has 1 aromatic heterocycles. The average molecular weight is 450 g/mol. The Morgan fingerprint density at radius 3 is 2.00 bits per heavy atom. The van der Waals surface area contributed by atoms with Crippen LogP contribution in [-0.4, -0.2) is 90.7 Å². The van der Waals surface area contributed by atoms with Crippen molar-refractivity contribution < 1.29 is 0 Å². The molecule has 5 rings (SSSR count). The van der Waals surface area contributed by atoms with Crippen LogP contribution in [0, 0.1) is 6.92 Å². The third-order valence-corrected chi connectivity index (χ3v) is 8.66. The first-order valence-corrected chi connectivity index (χ1v) is 13.5. The van der Waals surface area contributed by atoms with Crippen LogP contribution in [0.5, 0.6) is 0 Å². The minimum atomic E-state index is 0.755. The number of pyridine rings is 1. The summed E-state index contributed by atoms with van der Waals surface area (Å²) >= 11 is 0. The van der Waals surface area contributed by atoms with Gasteiger partial charge in [0, 0.05) is 62.9 Å². The highest BCUT2D eigenvalue weighted by Gasteiger charge is 2.31. The lowest BCUT2D eigenvalue weighted by Gasteiger charge is -2.46. The SMILES string of the molecule is CCc1ccc2ncc(C)c(N3CCC(N4CCN(C5CCN(CC)CC5)CC4)CC3)c2c1. The van der Waals surface area contributed by atoms with Gasteiger partial charge < -0.3 is 9.80 Å². The summed E-state index contributed by atoms with van der Waals surface area (Å²) in [6, 6.07) is 8.39. The van der Waals surface area contributed by atoms with Gasteiger partial charge in [0.2, 0.25) is 0 Å². The lowest BCUT2D eigenvalue weighted by molar-refractivity contribution is 0.0384. The van der Waals surface area contributed by atoms with Crippen LogP contribution in [0.3, 0.4) is 0 Å². The van der Waals surface area contributed by atoms with Crippen molar-refractivity contribution in [3.8, 4) is 0 Å². The Kier molecular flexibility index (Phi) is 7.19. The highest BCUT2D eigenvalue weighted by Crippen LogP contribution is 2.33. The van der Waals surface area contributed by atoms with Gasteiger partial charge in [0.05, 0.1) is 11.2 Å². The molecule has 0 unspecified atom stereocenters. The molecule has 1 aromatic carbocycles. The predicted octanol–water partition coefficient (Wildman–Crippen LogP) is 4.18. The van der Waals surface area contributed by atoms with Gasteiger partial charge >= 0.3 is 0 Å². The molecule has 0 atom stereocenters. The Balaban J connectivity index is 1.17. The molecule has 0 amide bonds. The molecule has 33 heavy (non-hydrogen) atoms. The first kappa shape index (κ1) is 23.1. The number of aromatic nitrogens is 1. The molecule has 2 aromatic rings. The molecule has 0 bridgehead atoms. The normalized spacial score (nSPS) is 22.9. The van der Waals surface area contributed by atoms with E-state index in [4.69, 9.17) is 4.98 Å². The fraction of sp³-hybridized carbons (Fsp3) is 0.679. The maximum atomic E-state index is 4.71. The number of piperidine rings is 2. The Morgan fingerprint density at radius 2 is 1.42 bits per heavy atom. The number of fused-ring (bicyclic) bond motifs is 1. The van der Waals surface area contributed by atoms with Crippen LogP contribution in [-0.2, 0) is 6.42 Å². The highest BCUT2D eigenvalue weighted by molar-refractivity contribution is 5.93. The number of rotatable bonds is 5. The lowest BCUT2D eigenvalue weighted by atomic mass is 9.98. The fourth-order valence-corrected chi connectivity index (χ4v) is 6.49. The van der Waals surface area contributed by atoms with Gasteiger partial charge in [-0.1, -0.05) is 19.9 Å².